The Morgan fingerprint density at radius 3 is 1.08 bits per heavy atom. The van der Waals surface area contributed by atoms with E-state index in [0.717, 1.165) is 81.7 Å². The van der Waals surface area contributed by atoms with Gasteiger partial charge >= 0.3 is 0 Å². The standard InChI is InChI=1S/C22H22ClN3O.C20H14ClN3O.C18H13Cl2FN2O.C17H10Cl2F2N2O.C17H12ClN3O3.C14H11ClN4O/c23-21-7-3-2-6-18(21)16-25-22(27)19(15-24)14-17-8-10-20(11-9-17)26-12-4-1-5-13-26;21-18-7-3-1-5-15(18)13-24-20(25)16(12-22)11-14-9-10-23-19-8-4-2-6-17(14)19;1-11-6-7-16(20)14(17(11)21)8-13(9-22)18(24)23-10-12-4-2-3-5-15(12)19;18-13-4-2-1-3-10(13)9-23-17(24)11(8-22)7-12-15(20)6-5-14(19)16(12)21;18-16-4-2-1-3-13(16)11-20-17(22)14(10-19)9-12-5-7-15(8-6-12)21(23)24;15-12-4-2-1-3-10(12)9-19-14(20)11(8-16)7-13-17-5-6-18-13/h2-3,6-11,14H,1,4-5,12-13,16H2,(H,25,27);1-11H,13H2,(H,24,25);2-8H,10H2,1H3,(H,23,24);1-7H,9H2,(H,23,24);1-9H,11H2,(H,20,22);1-7H,9H2,(H,17,18)(H,19,20)/b19-14+;16-11+;13-8+;11-7+;14-9+;11-7+. The van der Waals surface area contributed by atoms with E-state index >= 15 is 0 Å². The van der Waals surface area contributed by atoms with Gasteiger partial charge in [0.15, 0.2) is 5.82 Å². The molecule has 1 fully saturated rings. The number of H-pyrrole nitrogens is 1. The highest BCUT2D eigenvalue weighted by Gasteiger charge is 2.21. The Hall–Kier alpha value is -16.5. The SMILES string of the molecule is Cc1ccc(Cl)c(/C=C(\C#N)C(=O)NCc2ccccc2Cl)c1F.N#C/C(=C\c1c(F)ccc(Cl)c1F)C(=O)NCc1ccccc1Cl.N#C/C(=C\c1ccc(N2CCCCC2)cc1)C(=O)NCc1ccccc1Cl.N#C/C(=C\c1ccc([N+](=O)[O-])cc1)C(=O)NCc1ccccc1Cl.N#C/C(=C\c1ccnc2ccccc12)C(=O)NCc1ccccc1Cl.N#C/C(=C\c1ncc[nH]1)C(=O)NCc1ccccc1Cl. The molecule has 1 aliphatic heterocycles. The highest BCUT2D eigenvalue weighted by molar-refractivity contribution is 6.34. The maximum atomic E-state index is 14.1. The van der Waals surface area contributed by atoms with Crippen molar-refractivity contribution in [2.75, 3.05) is 18.0 Å². The van der Waals surface area contributed by atoms with Gasteiger partial charge in [-0.2, -0.15) is 31.6 Å². The zero-order valence-corrected chi connectivity index (χ0v) is 82.1. The molecular formula is C108H82Cl8F3N17O8. The van der Waals surface area contributed by atoms with Crippen LogP contribution < -0.4 is 36.8 Å². The normalized spacial score (nSPS) is 11.6. The quantitative estimate of drug-likeness (QED) is 0.00870. The summed E-state index contributed by atoms with van der Waals surface area (Å²) in [6, 6.07) is 81.6. The predicted molar refractivity (Wildman–Crippen MR) is 555 cm³/mol. The fourth-order valence-electron chi connectivity index (χ4n) is 13.0. The van der Waals surface area contributed by atoms with Gasteiger partial charge in [-0.05, 0) is 203 Å². The molecule has 7 N–H and O–H groups in total. The molecule has 0 unspecified atom stereocenters. The van der Waals surface area contributed by atoms with Crippen molar-refractivity contribution in [2.24, 2.45) is 0 Å². The molecule has 724 valence electrons. The molecule has 1 saturated heterocycles. The Morgan fingerprint density at radius 2 is 0.715 bits per heavy atom. The van der Waals surface area contributed by atoms with E-state index in [2.05, 4.69) is 51.8 Å². The first-order chi connectivity index (χ1) is 69.4. The third kappa shape index (κ3) is 34.5. The van der Waals surface area contributed by atoms with Crippen molar-refractivity contribution in [1.82, 2.24) is 46.9 Å². The molecule has 0 atom stereocenters. The number of carbonyl (C=O) groups is 6. The molecule has 25 nitrogen and oxygen atoms in total. The molecule has 1 aliphatic rings. The van der Waals surface area contributed by atoms with Gasteiger partial charge in [0.2, 0.25) is 0 Å². The summed E-state index contributed by atoms with van der Waals surface area (Å²) in [5.74, 6) is -5.35. The Balaban J connectivity index is 0.000000193. The Labute approximate surface area is 866 Å². The second-order valence-corrected chi connectivity index (χ2v) is 33.6. The van der Waals surface area contributed by atoms with Gasteiger partial charge < -0.3 is 41.8 Å². The maximum absolute atomic E-state index is 14.1. The van der Waals surface area contributed by atoms with E-state index in [0.29, 0.717) is 58.2 Å². The summed E-state index contributed by atoms with van der Waals surface area (Å²) in [5.41, 5.74) is 7.68. The number of nitro groups is 1. The Morgan fingerprint density at radius 1 is 0.375 bits per heavy atom. The molecule has 3 heterocycles. The van der Waals surface area contributed by atoms with Crippen LogP contribution in [0.3, 0.4) is 0 Å². The third-order valence-corrected chi connectivity index (χ3v) is 23.5. The van der Waals surface area contributed by atoms with Crippen LogP contribution in [0.2, 0.25) is 40.2 Å². The van der Waals surface area contributed by atoms with E-state index in [1.807, 2.05) is 127 Å². The van der Waals surface area contributed by atoms with Crippen molar-refractivity contribution in [3.8, 4) is 36.4 Å². The highest BCUT2D eigenvalue weighted by Crippen LogP contribution is 2.30. The fourth-order valence-corrected chi connectivity index (χ4v) is 14.6. The monoisotopic (exact) mass is 2080 g/mol. The second-order valence-electron chi connectivity index (χ2n) is 30.4. The predicted octanol–water partition coefficient (Wildman–Crippen LogP) is 23.6. The topological polar surface area (TPSA) is 405 Å². The van der Waals surface area contributed by atoms with Crippen molar-refractivity contribution in [3.63, 3.8) is 0 Å². The summed E-state index contributed by atoms with van der Waals surface area (Å²) in [6.07, 6.45) is 16.5. The van der Waals surface area contributed by atoms with E-state index in [9.17, 15) is 67.8 Å². The lowest BCUT2D eigenvalue weighted by atomic mass is 10.1. The number of rotatable bonds is 26. The number of piperidine rings is 1. The summed E-state index contributed by atoms with van der Waals surface area (Å²) in [6.45, 7) is 4.96. The lowest BCUT2D eigenvalue weighted by Crippen LogP contribution is -2.29. The molecule has 0 saturated carbocycles. The number of anilines is 1. The summed E-state index contributed by atoms with van der Waals surface area (Å²) in [5, 5.41) is 85.5. The summed E-state index contributed by atoms with van der Waals surface area (Å²) in [7, 11) is 0. The van der Waals surface area contributed by atoms with Gasteiger partial charge in [0.1, 0.15) is 87.3 Å². The molecule has 144 heavy (non-hydrogen) atoms. The summed E-state index contributed by atoms with van der Waals surface area (Å²) < 4.78 is 41.7. The number of para-hydroxylation sites is 1. The Kier molecular flexibility index (Phi) is 44.7. The van der Waals surface area contributed by atoms with E-state index in [-0.39, 0.29) is 88.4 Å². The molecule has 6 amide bonds. The number of hydrogen-bond acceptors (Lipinski definition) is 17. The lowest BCUT2D eigenvalue weighted by molar-refractivity contribution is -0.384. The minimum atomic E-state index is -1.04. The van der Waals surface area contributed by atoms with Crippen molar-refractivity contribution in [2.45, 2.75) is 65.5 Å². The Bertz CT molecular complexity index is 7170. The van der Waals surface area contributed by atoms with Crippen molar-refractivity contribution in [1.29, 1.82) is 31.6 Å². The van der Waals surface area contributed by atoms with Crippen molar-refractivity contribution < 1.29 is 46.9 Å². The molecular weight excluding hydrogens is 2000 g/mol. The van der Waals surface area contributed by atoms with Crippen LogP contribution in [0.1, 0.15) is 91.8 Å². The molecule has 13 aromatic rings. The zero-order chi connectivity index (χ0) is 104. The van der Waals surface area contributed by atoms with E-state index in [4.69, 9.17) is 109 Å². The summed E-state index contributed by atoms with van der Waals surface area (Å²) >= 11 is 47.7. The third-order valence-electron chi connectivity index (χ3n) is 20.7. The number of amides is 6. The van der Waals surface area contributed by atoms with Crippen LogP contribution in [0.4, 0.5) is 24.5 Å². The number of halogens is 11. The number of benzene rings is 11. The zero-order valence-electron chi connectivity index (χ0n) is 76.0. The first-order valence-corrected chi connectivity index (χ1v) is 46.3. The van der Waals surface area contributed by atoms with Crippen LogP contribution in [-0.2, 0) is 68.0 Å². The van der Waals surface area contributed by atoms with Crippen LogP contribution in [0.15, 0.2) is 301 Å². The van der Waals surface area contributed by atoms with E-state index < -0.39 is 69.0 Å². The molecule has 36 heteroatoms. The van der Waals surface area contributed by atoms with E-state index in [1.165, 1.54) is 73.5 Å². The maximum Gasteiger partial charge on any atom is 0.269 e. The van der Waals surface area contributed by atoms with Gasteiger partial charge in [0.05, 0.1) is 20.5 Å². The van der Waals surface area contributed by atoms with Gasteiger partial charge in [-0.1, -0.05) is 238 Å². The van der Waals surface area contributed by atoms with Crippen LogP contribution in [0, 0.1) is 102 Å². The van der Waals surface area contributed by atoms with Crippen LogP contribution in [-0.4, -0.2) is 68.4 Å². The van der Waals surface area contributed by atoms with Gasteiger partial charge in [0, 0.05) is 141 Å². The number of imidazole rings is 1. The summed E-state index contributed by atoms with van der Waals surface area (Å²) in [4.78, 5) is 96.3. The number of nitrogens with zero attached hydrogens (tertiary/aromatic N) is 10. The molecule has 0 bridgehead atoms. The number of pyridine rings is 1. The highest BCUT2D eigenvalue weighted by atomic mass is 35.5. The minimum absolute atomic E-state index is 0.0149. The molecule has 0 spiro atoms. The largest absolute Gasteiger partial charge is 0.372 e. The lowest BCUT2D eigenvalue weighted by Gasteiger charge is -2.28. The van der Waals surface area contributed by atoms with Crippen molar-refractivity contribution >= 4 is 187 Å². The van der Waals surface area contributed by atoms with E-state index in [1.54, 1.807) is 147 Å². The number of nitriles is 6. The number of carbonyl (C=O) groups excluding carboxylic acids is 6. The first-order valence-electron chi connectivity index (χ1n) is 43.3. The molecule has 0 aliphatic carbocycles. The number of aromatic nitrogens is 3. The number of nitro benzene ring substituents is 1. The fraction of sp³-hybridized carbons (Fsp3) is 0.111. The second kappa shape index (κ2) is 57.9. The number of non-ortho nitro benzene ring substituents is 1. The number of nitrogens with one attached hydrogen (secondary N) is 7. The number of aryl methyl sites for hydroxylation is 1. The van der Waals surface area contributed by atoms with Gasteiger partial charge in [-0.3, -0.25) is 43.9 Å². The molecule has 14 rings (SSSR count). The van der Waals surface area contributed by atoms with Crippen LogP contribution in [0.25, 0.3) is 47.4 Å². The molecule has 0 radical (unpaired) electrons. The average molecular weight is 2090 g/mol. The number of fused-ring (bicyclic) bond motifs is 1. The number of aromatic amines is 1. The smallest absolute Gasteiger partial charge is 0.269 e. The molecule has 2 aromatic heterocycles. The van der Waals surface area contributed by atoms with Gasteiger partial charge in [-0.15, -0.1) is 0 Å². The number of hydrogen-bond donors (Lipinski definition) is 7. The average Bonchev–Trinajstić information content (AvgIpc) is 0.873. The molecule has 11 aromatic carbocycles. The van der Waals surface area contributed by atoms with Gasteiger partial charge in [0.25, 0.3) is 41.1 Å². The van der Waals surface area contributed by atoms with Gasteiger partial charge in [-0.25, -0.2) is 18.2 Å². The first kappa shape index (κ1) is 111. The van der Waals surface area contributed by atoms with Crippen LogP contribution >= 0.6 is 92.8 Å². The minimum Gasteiger partial charge on any atom is -0.372 e. The van der Waals surface area contributed by atoms with Crippen LogP contribution in [0.5, 0.6) is 0 Å². The van der Waals surface area contributed by atoms with Crippen molar-refractivity contribution in [3.05, 3.63) is 441 Å².